The van der Waals surface area contributed by atoms with E-state index < -0.39 is 0 Å². The van der Waals surface area contributed by atoms with Crippen LogP contribution in [0.3, 0.4) is 0 Å². The number of nitrogens with one attached hydrogen (secondary N) is 1. The monoisotopic (exact) mass is 323 g/mol. The Labute approximate surface area is 137 Å². The molecule has 0 saturated heterocycles. The highest BCUT2D eigenvalue weighted by molar-refractivity contribution is 8.00. The molecule has 0 radical (unpaired) electrons. The third-order valence-electron chi connectivity index (χ3n) is 3.24. The van der Waals surface area contributed by atoms with Crippen LogP contribution in [0.4, 0.5) is 5.69 Å². The van der Waals surface area contributed by atoms with Crippen LogP contribution in [-0.2, 0) is 4.79 Å². The Balaban J connectivity index is 1.74. The van der Waals surface area contributed by atoms with Crippen LogP contribution in [0.15, 0.2) is 53.8 Å². The maximum absolute atomic E-state index is 12.3. The van der Waals surface area contributed by atoms with Crippen molar-refractivity contribution < 1.29 is 4.79 Å². The summed E-state index contributed by atoms with van der Waals surface area (Å²) in [6.07, 6.45) is 1.85. The predicted molar refractivity (Wildman–Crippen MR) is 88.1 cm³/mol. The summed E-state index contributed by atoms with van der Waals surface area (Å²) in [5.41, 5.74) is 1.68. The van der Waals surface area contributed by atoms with Crippen molar-refractivity contribution in [3.63, 3.8) is 0 Å². The largest absolute Gasteiger partial charge is 0.324 e. The van der Waals surface area contributed by atoms with E-state index in [-0.39, 0.29) is 11.2 Å². The number of para-hydroxylation sites is 1. The number of aromatic nitrogens is 3. The third kappa shape index (κ3) is 3.17. The lowest BCUT2D eigenvalue weighted by Crippen LogP contribution is -2.23. The zero-order valence-electron chi connectivity index (χ0n) is 12.3. The van der Waals surface area contributed by atoms with Crippen molar-refractivity contribution in [1.29, 1.82) is 5.26 Å². The summed E-state index contributed by atoms with van der Waals surface area (Å²) in [4.78, 5) is 12.3. The minimum Gasteiger partial charge on any atom is -0.324 e. The van der Waals surface area contributed by atoms with Gasteiger partial charge in [0.15, 0.2) is 10.8 Å². The van der Waals surface area contributed by atoms with Crippen LogP contribution in [0.5, 0.6) is 0 Å². The molecule has 0 fully saturated rings. The number of thioether (sulfide) groups is 1. The molecule has 2 heterocycles. The number of anilines is 1. The molecule has 114 valence electrons. The molecule has 0 saturated carbocycles. The van der Waals surface area contributed by atoms with Crippen molar-refractivity contribution in [2.45, 2.75) is 17.3 Å². The molecule has 1 aromatic carbocycles. The standard InChI is InChI=1S/C16H13N5OS/c1-11(15(22)18-13-7-3-2-6-12(13)10-17)23-16-20-19-14-8-4-5-9-21(14)16/h2-9,11H,1H3,(H,18,22)/t11-/m0/s1. The first kappa shape index (κ1) is 15.1. The molecule has 0 aliphatic rings. The molecule has 3 aromatic rings. The van der Waals surface area contributed by atoms with Crippen LogP contribution in [0.1, 0.15) is 12.5 Å². The van der Waals surface area contributed by atoms with Gasteiger partial charge in [0, 0.05) is 6.20 Å². The number of fused-ring (bicyclic) bond motifs is 1. The van der Waals surface area contributed by atoms with Gasteiger partial charge < -0.3 is 5.32 Å². The number of pyridine rings is 1. The predicted octanol–water partition coefficient (Wildman–Crippen LogP) is 2.72. The van der Waals surface area contributed by atoms with E-state index in [1.807, 2.05) is 28.8 Å². The van der Waals surface area contributed by atoms with Crippen LogP contribution in [0, 0.1) is 11.3 Å². The van der Waals surface area contributed by atoms with Crippen molar-refractivity contribution in [3.8, 4) is 6.07 Å². The highest BCUT2D eigenvalue weighted by Gasteiger charge is 2.18. The first-order valence-corrected chi connectivity index (χ1v) is 7.83. The van der Waals surface area contributed by atoms with Gasteiger partial charge in [-0.15, -0.1) is 10.2 Å². The van der Waals surface area contributed by atoms with Crippen LogP contribution in [-0.4, -0.2) is 25.8 Å². The topological polar surface area (TPSA) is 83.1 Å². The Morgan fingerprint density at radius 1 is 1.26 bits per heavy atom. The van der Waals surface area contributed by atoms with E-state index in [9.17, 15) is 4.79 Å². The van der Waals surface area contributed by atoms with Gasteiger partial charge in [0.1, 0.15) is 6.07 Å². The summed E-state index contributed by atoms with van der Waals surface area (Å²) in [5, 5.41) is 20.3. The van der Waals surface area contributed by atoms with Crippen molar-refractivity contribution in [2.75, 3.05) is 5.32 Å². The number of nitriles is 1. The molecule has 2 aromatic heterocycles. The molecule has 0 aliphatic carbocycles. The molecule has 0 aliphatic heterocycles. The van der Waals surface area contributed by atoms with Crippen LogP contribution < -0.4 is 5.32 Å². The van der Waals surface area contributed by atoms with Crippen LogP contribution >= 0.6 is 11.8 Å². The SMILES string of the molecule is C[C@H](Sc1nnc2ccccn12)C(=O)Nc1ccccc1C#N. The molecular formula is C16H13N5OS. The quantitative estimate of drug-likeness (QED) is 0.746. The maximum Gasteiger partial charge on any atom is 0.237 e. The summed E-state index contributed by atoms with van der Waals surface area (Å²) >= 11 is 1.31. The third-order valence-corrected chi connectivity index (χ3v) is 4.30. The van der Waals surface area contributed by atoms with E-state index in [2.05, 4.69) is 21.6 Å². The second kappa shape index (κ2) is 6.50. The lowest BCUT2D eigenvalue weighted by atomic mass is 10.2. The van der Waals surface area contributed by atoms with E-state index in [1.165, 1.54) is 11.8 Å². The lowest BCUT2D eigenvalue weighted by Gasteiger charge is -2.11. The second-order valence-corrected chi connectivity index (χ2v) is 6.13. The van der Waals surface area contributed by atoms with Crippen molar-refractivity contribution >= 4 is 29.0 Å². The fourth-order valence-corrected chi connectivity index (χ4v) is 2.87. The molecule has 1 amide bonds. The Hall–Kier alpha value is -2.85. The van der Waals surface area contributed by atoms with Gasteiger partial charge in [0.25, 0.3) is 0 Å². The molecule has 3 rings (SSSR count). The highest BCUT2D eigenvalue weighted by atomic mass is 32.2. The number of nitrogens with zero attached hydrogens (tertiary/aromatic N) is 4. The van der Waals surface area contributed by atoms with E-state index in [0.717, 1.165) is 5.65 Å². The number of amides is 1. The van der Waals surface area contributed by atoms with E-state index >= 15 is 0 Å². The zero-order valence-corrected chi connectivity index (χ0v) is 13.1. The number of hydrogen-bond donors (Lipinski definition) is 1. The minimum atomic E-state index is -0.380. The Bertz CT molecular complexity index is 899. The summed E-state index contributed by atoms with van der Waals surface area (Å²) in [7, 11) is 0. The normalized spacial score (nSPS) is 11.8. The maximum atomic E-state index is 12.3. The molecule has 1 N–H and O–H groups in total. The number of rotatable bonds is 4. The Kier molecular flexibility index (Phi) is 4.26. The lowest BCUT2D eigenvalue weighted by molar-refractivity contribution is -0.115. The number of benzene rings is 1. The molecule has 1 atom stereocenters. The summed E-state index contributed by atoms with van der Waals surface area (Å²) in [6.45, 7) is 1.79. The van der Waals surface area contributed by atoms with Gasteiger partial charge in [0.2, 0.25) is 5.91 Å². The zero-order chi connectivity index (χ0) is 16.2. The van der Waals surface area contributed by atoms with Gasteiger partial charge in [-0.1, -0.05) is 30.0 Å². The first-order chi connectivity index (χ1) is 11.2. The smallest absolute Gasteiger partial charge is 0.237 e. The fraction of sp³-hybridized carbons (Fsp3) is 0.125. The number of carbonyl (C=O) groups excluding carboxylic acids is 1. The number of hydrogen-bond acceptors (Lipinski definition) is 5. The van der Waals surface area contributed by atoms with Crippen molar-refractivity contribution in [3.05, 3.63) is 54.2 Å². The minimum absolute atomic E-state index is 0.189. The molecule has 0 bridgehead atoms. The molecule has 6 nitrogen and oxygen atoms in total. The van der Waals surface area contributed by atoms with Gasteiger partial charge in [-0.05, 0) is 31.2 Å². The van der Waals surface area contributed by atoms with Gasteiger partial charge in [-0.3, -0.25) is 9.20 Å². The second-order valence-electron chi connectivity index (χ2n) is 4.82. The van der Waals surface area contributed by atoms with Crippen molar-refractivity contribution in [2.24, 2.45) is 0 Å². The Morgan fingerprint density at radius 3 is 2.87 bits per heavy atom. The van der Waals surface area contributed by atoms with Gasteiger partial charge in [0.05, 0.1) is 16.5 Å². The average molecular weight is 323 g/mol. The van der Waals surface area contributed by atoms with Crippen LogP contribution in [0.25, 0.3) is 5.65 Å². The highest BCUT2D eigenvalue weighted by Crippen LogP contribution is 2.23. The fourth-order valence-electron chi connectivity index (χ4n) is 2.04. The van der Waals surface area contributed by atoms with E-state index in [1.54, 1.807) is 31.2 Å². The van der Waals surface area contributed by atoms with Crippen molar-refractivity contribution in [1.82, 2.24) is 14.6 Å². The van der Waals surface area contributed by atoms with Gasteiger partial charge >= 0.3 is 0 Å². The summed E-state index contributed by atoms with van der Waals surface area (Å²) in [5.74, 6) is -0.189. The van der Waals surface area contributed by atoms with Gasteiger partial charge in [-0.25, -0.2) is 0 Å². The summed E-state index contributed by atoms with van der Waals surface area (Å²) < 4.78 is 1.83. The molecular weight excluding hydrogens is 310 g/mol. The molecule has 0 spiro atoms. The van der Waals surface area contributed by atoms with E-state index in [4.69, 9.17) is 5.26 Å². The molecule has 7 heteroatoms. The van der Waals surface area contributed by atoms with Gasteiger partial charge in [-0.2, -0.15) is 5.26 Å². The number of carbonyl (C=O) groups is 1. The summed E-state index contributed by atoms with van der Waals surface area (Å²) in [6, 6.07) is 14.6. The first-order valence-electron chi connectivity index (χ1n) is 6.95. The van der Waals surface area contributed by atoms with E-state index in [0.29, 0.717) is 16.4 Å². The molecule has 23 heavy (non-hydrogen) atoms. The molecule has 0 unspecified atom stereocenters. The Morgan fingerprint density at radius 2 is 2.04 bits per heavy atom. The average Bonchev–Trinajstić information content (AvgIpc) is 2.98. The van der Waals surface area contributed by atoms with Crippen LogP contribution in [0.2, 0.25) is 0 Å².